The lowest BCUT2D eigenvalue weighted by atomic mass is 10.2. The van der Waals surface area contributed by atoms with Crippen molar-refractivity contribution in [1.29, 1.82) is 0 Å². The Labute approximate surface area is 207 Å². The fourth-order valence-electron chi connectivity index (χ4n) is 3.57. The van der Waals surface area contributed by atoms with Gasteiger partial charge >= 0.3 is 5.97 Å². The Balaban J connectivity index is 1.32. The molecule has 0 saturated carbocycles. The molecule has 6 nitrogen and oxygen atoms in total. The summed E-state index contributed by atoms with van der Waals surface area (Å²) in [5, 5.41) is 6.21. The van der Waals surface area contributed by atoms with Crippen LogP contribution in [0, 0.1) is 0 Å². The number of hydrogen-bond donors (Lipinski definition) is 0. The van der Waals surface area contributed by atoms with Gasteiger partial charge in [0.15, 0.2) is 5.76 Å². The molecule has 35 heavy (non-hydrogen) atoms. The Morgan fingerprint density at radius 1 is 0.971 bits per heavy atom. The maximum atomic E-state index is 12.3. The molecule has 5 rings (SSSR count). The van der Waals surface area contributed by atoms with Crippen molar-refractivity contribution in [3.8, 4) is 22.9 Å². The minimum Gasteiger partial charge on any atom is -0.488 e. The van der Waals surface area contributed by atoms with Crippen LogP contribution in [0.4, 0.5) is 0 Å². The third-order valence-electron chi connectivity index (χ3n) is 5.24. The van der Waals surface area contributed by atoms with Crippen LogP contribution in [-0.4, -0.2) is 29.0 Å². The maximum Gasteiger partial charge on any atom is 0.330 e. The molecule has 0 amide bonds. The molecule has 2 aromatic heterocycles. The average molecular weight is 485 g/mol. The normalized spacial score (nSPS) is 11.2. The summed E-state index contributed by atoms with van der Waals surface area (Å²) in [7, 11) is 0. The van der Waals surface area contributed by atoms with E-state index >= 15 is 0 Å². The van der Waals surface area contributed by atoms with Gasteiger partial charge in [-0.2, -0.15) is 5.10 Å². The number of nitrogens with zero attached hydrogens (tertiary/aromatic N) is 2. The predicted octanol–water partition coefficient (Wildman–Crippen LogP) is 6.57. The summed E-state index contributed by atoms with van der Waals surface area (Å²) in [6.07, 6.45) is 4.89. The first-order valence-electron chi connectivity index (χ1n) is 11.0. The van der Waals surface area contributed by atoms with Crippen LogP contribution >= 0.6 is 11.6 Å². The fraction of sp³-hybridized carbons (Fsp3) is 0.0714. The number of halogens is 1. The number of aromatic nitrogens is 2. The van der Waals surface area contributed by atoms with Crippen molar-refractivity contribution >= 4 is 34.6 Å². The minimum absolute atomic E-state index is 0.0914. The van der Waals surface area contributed by atoms with Crippen LogP contribution < -0.4 is 4.74 Å². The van der Waals surface area contributed by atoms with Crippen molar-refractivity contribution < 1.29 is 18.7 Å². The van der Waals surface area contributed by atoms with E-state index in [0.29, 0.717) is 22.2 Å². The highest BCUT2D eigenvalue weighted by Gasteiger charge is 2.15. The molecular weight excluding hydrogens is 464 g/mol. The van der Waals surface area contributed by atoms with Gasteiger partial charge in [0.1, 0.15) is 30.2 Å². The topological polar surface area (TPSA) is 66.5 Å². The van der Waals surface area contributed by atoms with Crippen molar-refractivity contribution in [2.45, 2.75) is 0 Å². The van der Waals surface area contributed by atoms with E-state index in [0.717, 1.165) is 22.2 Å². The highest BCUT2D eigenvalue weighted by Crippen LogP contribution is 2.30. The summed E-state index contributed by atoms with van der Waals surface area (Å²) < 4.78 is 18.6. The predicted molar refractivity (Wildman–Crippen MR) is 136 cm³/mol. The summed E-state index contributed by atoms with van der Waals surface area (Å²) in [5.41, 5.74) is 3.00. The van der Waals surface area contributed by atoms with Crippen molar-refractivity contribution in [3.05, 3.63) is 108 Å². The highest BCUT2D eigenvalue weighted by atomic mass is 35.5. The highest BCUT2D eigenvalue weighted by molar-refractivity contribution is 6.32. The molecule has 0 radical (unpaired) electrons. The second-order valence-electron chi connectivity index (χ2n) is 7.64. The third kappa shape index (κ3) is 5.28. The number of fused-ring (bicyclic) bond motifs is 1. The molecule has 0 aliphatic carbocycles. The van der Waals surface area contributed by atoms with E-state index in [2.05, 4.69) is 0 Å². The zero-order valence-electron chi connectivity index (χ0n) is 18.6. The molecule has 7 heteroatoms. The van der Waals surface area contributed by atoms with Gasteiger partial charge in [0, 0.05) is 23.2 Å². The molecule has 0 bridgehead atoms. The summed E-state index contributed by atoms with van der Waals surface area (Å²) in [6.45, 7) is 0.285. The average Bonchev–Trinajstić information content (AvgIpc) is 3.51. The lowest BCUT2D eigenvalue weighted by Crippen LogP contribution is -2.10. The Morgan fingerprint density at radius 3 is 2.57 bits per heavy atom. The van der Waals surface area contributed by atoms with E-state index in [1.54, 1.807) is 22.9 Å². The van der Waals surface area contributed by atoms with Gasteiger partial charge in [-0.1, -0.05) is 60.1 Å². The number of benzene rings is 3. The number of para-hydroxylation sites is 3. The number of ether oxygens (including phenoxy) is 2. The van der Waals surface area contributed by atoms with Gasteiger partial charge in [0.05, 0.1) is 10.7 Å². The van der Waals surface area contributed by atoms with Crippen molar-refractivity contribution in [2.75, 3.05) is 13.2 Å². The number of hydrogen-bond acceptors (Lipinski definition) is 5. The Morgan fingerprint density at radius 2 is 1.74 bits per heavy atom. The third-order valence-corrected chi connectivity index (χ3v) is 5.56. The number of carbonyl (C=O) groups is 1. The molecule has 0 fully saturated rings. The number of rotatable bonds is 8. The molecule has 2 heterocycles. The lowest BCUT2D eigenvalue weighted by molar-refractivity contribution is -0.138. The first kappa shape index (κ1) is 22.5. The van der Waals surface area contributed by atoms with Gasteiger partial charge in [-0.15, -0.1) is 0 Å². The molecule has 5 aromatic rings. The Kier molecular flexibility index (Phi) is 6.63. The zero-order valence-corrected chi connectivity index (χ0v) is 19.4. The van der Waals surface area contributed by atoms with Crippen molar-refractivity contribution in [3.63, 3.8) is 0 Å². The van der Waals surface area contributed by atoms with Crippen LogP contribution in [0.25, 0.3) is 34.2 Å². The van der Waals surface area contributed by atoms with Gasteiger partial charge in [-0.25, -0.2) is 9.48 Å². The van der Waals surface area contributed by atoms with E-state index in [4.69, 9.17) is 30.6 Å². The van der Waals surface area contributed by atoms with Crippen LogP contribution in [-0.2, 0) is 9.53 Å². The Bertz CT molecular complexity index is 1450. The summed E-state index contributed by atoms with van der Waals surface area (Å²) in [4.78, 5) is 12.3. The number of furan rings is 1. The summed E-state index contributed by atoms with van der Waals surface area (Å²) >= 11 is 6.06. The van der Waals surface area contributed by atoms with E-state index in [9.17, 15) is 4.79 Å². The molecule has 0 atom stereocenters. The monoisotopic (exact) mass is 484 g/mol. The van der Waals surface area contributed by atoms with Crippen LogP contribution in [0.5, 0.6) is 5.75 Å². The molecule has 0 aliphatic heterocycles. The summed E-state index contributed by atoms with van der Waals surface area (Å²) in [5.74, 6) is 0.669. The standard InChI is InChI=1S/C28H21ClN2O4/c29-23-11-5-7-13-25(23)33-16-17-34-27(32)15-14-21-19-31(22-9-2-1-3-10-22)30-28(21)26-18-20-8-4-6-12-24(20)35-26/h1-15,18-19H,16-17H2. The van der Waals surface area contributed by atoms with Gasteiger partial charge in [-0.3, -0.25) is 0 Å². The summed E-state index contributed by atoms with van der Waals surface area (Å²) in [6, 6.07) is 26.6. The van der Waals surface area contributed by atoms with Gasteiger partial charge < -0.3 is 13.9 Å². The van der Waals surface area contributed by atoms with Crippen molar-refractivity contribution in [2.24, 2.45) is 0 Å². The zero-order chi connectivity index (χ0) is 24.0. The van der Waals surface area contributed by atoms with E-state index in [1.165, 1.54) is 6.08 Å². The second kappa shape index (κ2) is 10.3. The molecule has 174 valence electrons. The Hall–Kier alpha value is -4.29. The largest absolute Gasteiger partial charge is 0.488 e. The molecule has 0 saturated heterocycles. The number of carbonyl (C=O) groups excluding carboxylic acids is 1. The molecule has 0 unspecified atom stereocenters. The van der Waals surface area contributed by atoms with Gasteiger partial charge in [0.25, 0.3) is 0 Å². The fourth-order valence-corrected chi connectivity index (χ4v) is 3.76. The molecular formula is C28H21ClN2O4. The molecule has 3 aromatic carbocycles. The van der Waals surface area contributed by atoms with Crippen LogP contribution in [0.15, 0.2) is 102 Å². The van der Waals surface area contributed by atoms with E-state index in [-0.39, 0.29) is 13.2 Å². The van der Waals surface area contributed by atoms with Gasteiger partial charge in [0.2, 0.25) is 0 Å². The molecule has 0 N–H and O–H groups in total. The first-order chi connectivity index (χ1) is 17.2. The van der Waals surface area contributed by atoms with E-state index in [1.807, 2.05) is 79.0 Å². The van der Waals surface area contributed by atoms with Crippen LogP contribution in [0.3, 0.4) is 0 Å². The van der Waals surface area contributed by atoms with Crippen LogP contribution in [0.2, 0.25) is 5.02 Å². The smallest absolute Gasteiger partial charge is 0.330 e. The van der Waals surface area contributed by atoms with Gasteiger partial charge in [-0.05, 0) is 42.5 Å². The minimum atomic E-state index is -0.490. The van der Waals surface area contributed by atoms with Crippen LogP contribution in [0.1, 0.15) is 5.56 Å². The maximum absolute atomic E-state index is 12.3. The first-order valence-corrected chi connectivity index (χ1v) is 11.4. The van der Waals surface area contributed by atoms with E-state index < -0.39 is 5.97 Å². The quantitative estimate of drug-likeness (QED) is 0.141. The second-order valence-corrected chi connectivity index (χ2v) is 8.05. The molecule has 0 spiro atoms. The lowest BCUT2D eigenvalue weighted by Gasteiger charge is -2.07. The number of esters is 1. The van der Waals surface area contributed by atoms with Crippen molar-refractivity contribution in [1.82, 2.24) is 9.78 Å². The molecule has 0 aliphatic rings. The SMILES string of the molecule is O=C(C=Cc1cn(-c2ccccc2)nc1-c1cc2ccccc2o1)OCCOc1ccccc1Cl.